The van der Waals surface area contributed by atoms with Gasteiger partial charge in [0.25, 0.3) is 0 Å². The van der Waals surface area contributed by atoms with E-state index in [0.29, 0.717) is 12.4 Å². The van der Waals surface area contributed by atoms with Crippen LogP contribution in [0.5, 0.6) is 5.75 Å². The quantitative estimate of drug-likeness (QED) is 0.398. The summed E-state index contributed by atoms with van der Waals surface area (Å²) in [6, 6.07) is 4.98. The number of hydrogen-bond acceptors (Lipinski definition) is 2. The third kappa shape index (κ3) is 8.29. The summed E-state index contributed by atoms with van der Waals surface area (Å²) in [6.07, 6.45) is -4.12. The molecule has 3 N–H and O–H groups in total. The van der Waals surface area contributed by atoms with Crippen LogP contribution in [-0.4, -0.2) is 24.7 Å². The van der Waals surface area contributed by atoms with E-state index >= 15 is 0 Å². The molecule has 0 saturated carbocycles. The Bertz CT molecular complexity index is 507. The van der Waals surface area contributed by atoms with Crippen LogP contribution in [0.3, 0.4) is 0 Å². The minimum Gasteiger partial charge on any atom is -0.488 e. The van der Waals surface area contributed by atoms with Crippen LogP contribution in [0.15, 0.2) is 29.3 Å². The van der Waals surface area contributed by atoms with Crippen LogP contribution in [0.2, 0.25) is 0 Å². The first-order valence-electron chi connectivity index (χ1n) is 7.12. The molecule has 4 nitrogen and oxygen atoms in total. The average molecular weight is 445 g/mol. The molecule has 0 aliphatic heterocycles. The SMILES string of the molecule is CCC(CN=C(N)NC(C)C)Oc1cccc(C(F)(F)F)c1.I. The summed E-state index contributed by atoms with van der Waals surface area (Å²) < 4.78 is 43.5. The number of nitrogens with two attached hydrogens (primary N) is 1. The molecule has 1 aromatic rings. The van der Waals surface area contributed by atoms with E-state index in [0.717, 1.165) is 12.1 Å². The van der Waals surface area contributed by atoms with Gasteiger partial charge >= 0.3 is 6.18 Å². The highest BCUT2D eigenvalue weighted by atomic mass is 127. The summed E-state index contributed by atoms with van der Waals surface area (Å²) in [5, 5.41) is 2.94. The fourth-order valence-electron chi connectivity index (χ4n) is 1.73. The van der Waals surface area contributed by atoms with Crippen molar-refractivity contribution in [2.45, 2.75) is 45.5 Å². The Morgan fingerprint density at radius 1 is 1.35 bits per heavy atom. The van der Waals surface area contributed by atoms with E-state index in [1.54, 1.807) is 0 Å². The van der Waals surface area contributed by atoms with Gasteiger partial charge in [-0.25, -0.2) is 4.99 Å². The Hall–Kier alpha value is -1.19. The molecule has 23 heavy (non-hydrogen) atoms. The molecule has 0 fully saturated rings. The number of hydrogen-bond donors (Lipinski definition) is 2. The van der Waals surface area contributed by atoms with Gasteiger partial charge in [0, 0.05) is 6.04 Å². The molecule has 0 aliphatic carbocycles. The van der Waals surface area contributed by atoms with Gasteiger partial charge in [0.1, 0.15) is 11.9 Å². The highest BCUT2D eigenvalue weighted by molar-refractivity contribution is 14.0. The van der Waals surface area contributed by atoms with E-state index in [9.17, 15) is 13.2 Å². The van der Waals surface area contributed by atoms with Crippen molar-refractivity contribution in [2.24, 2.45) is 10.7 Å². The fourth-order valence-corrected chi connectivity index (χ4v) is 1.73. The fraction of sp³-hybridized carbons (Fsp3) is 0.533. The molecule has 0 heterocycles. The van der Waals surface area contributed by atoms with Crippen LogP contribution >= 0.6 is 24.0 Å². The first-order chi connectivity index (χ1) is 10.2. The van der Waals surface area contributed by atoms with E-state index in [1.807, 2.05) is 20.8 Å². The predicted octanol–water partition coefficient (Wildman–Crippen LogP) is 3.79. The number of aliphatic imine (C=N–C) groups is 1. The summed E-state index contributed by atoms with van der Waals surface area (Å²) in [4.78, 5) is 4.14. The highest BCUT2D eigenvalue weighted by Crippen LogP contribution is 2.31. The Kier molecular flexibility index (Phi) is 9.33. The zero-order chi connectivity index (χ0) is 16.8. The largest absolute Gasteiger partial charge is 0.488 e. The van der Waals surface area contributed by atoms with E-state index < -0.39 is 11.7 Å². The number of ether oxygens (including phenoxy) is 1. The Labute approximate surface area is 151 Å². The van der Waals surface area contributed by atoms with Crippen molar-refractivity contribution in [1.29, 1.82) is 0 Å². The molecule has 0 radical (unpaired) electrons. The number of halogens is 4. The third-order valence-corrected chi connectivity index (χ3v) is 2.82. The second-order valence-corrected chi connectivity index (χ2v) is 5.20. The summed E-state index contributed by atoms with van der Waals surface area (Å²) in [6.45, 7) is 6.01. The van der Waals surface area contributed by atoms with Crippen molar-refractivity contribution < 1.29 is 17.9 Å². The molecule has 1 unspecified atom stereocenters. The number of alkyl halides is 3. The molecule has 1 rings (SSSR count). The normalized spacial score (nSPS) is 13.4. The van der Waals surface area contributed by atoms with Gasteiger partial charge in [0.2, 0.25) is 0 Å². The van der Waals surface area contributed by atoms with E-state index in [-0.39, 0.29) is 48.4 Å². The standard InChI is InChI=1S/C15H22F3N3O.HI/c1-4-12(9-20-14(19)21-10(2)3)22-13-7-5-6-11(8-13)15(16,17)18;/h5-8,10,12H,4,9H2,1-3H3,(H3,19,20,21);1H. The minimum atomic E-state index is -4.38. The van der Waals surface area contributed by atoms with Crippen LogP contribution in [-0.2, 0) is 6.18 Å². The second-order valence-electron chi connectivity index (χ2n) is 5.20. The summed E-state index contributed by atoms with van der Waals surface area (Å²) in [7, 11) is 0. The van der Waals surface area contributed by atoms with Crippen LogP contribution in [0.4, 0.5) is 13.2 Å². The molecule has 0 aromatic heterocycles. The highest BCUT2D eigenvalue weighted by Gasteiger charge is 2.30. The molecule has 0 spiro atoms. The van der Waals surface area contributed by atoms with Crippen molar-refractivity contribution >= 4 is 29.9 Å². The first-order valence-corrected chi connectivity index (χ1v) is 7.12. The maximum atomic E-state index is 12.7. The van der Waals surface area contributed by atoms with Gasteiger partial charge < -0.3 is 15.8 Å². The van der Waals surface area contributed by atoms with Gasteiger partial charge in [0.15, 0.2) is 5.96 Å². The van der Waals surface area contributed by atoms with Crippen molar-refractivity contribution in [3.05, 3.63) is 29.8 Å². The molecule has 0 saturated heterocycles. The minimum absolute atomic E-state index is 0. The lowest BCUT2D eigenvalue weighted by Gasteiger charge is -2.17. The number of nitrogens with one attached hydrogen (secondary N) is 1. The van der Waals surface area contributed by atoms with Crippen LogP contribution in [0, 0.1) is 0 Å². The van der Waals surface area contributed by atoms with Crippen molar-refractivity contribution in [1.82, 2.24) is 5.32 Å². The van der Waals surface area contributed by atoms with Gasteiger partial charge in [-0.05, 0) is 38.5 Å². The lowest BCUT2D eigenvalue weighted by molar-refractivity contribution is -0.137. The molecule has 132 valence electrons. The van der Waals surface area contributed by atoms with Gasteiger partial charge in [-0.15, -0.1) is 24.0 Å². The smallest absolute Gasteiger partial charge is 0.416 e. The molecule has 1 aromatic carbocycles. The van der Waals surface area contributed by atoms with Gasteiger partial charge in [0.05, 0.1) is 12.1 Å². The molecule has 8 heteroatoms. The van der Waals surface area contributed by atoms with Crippen LogP contribution in [0.1, 0.15) is 32.8 Å². The van der Waals surface area contributed by atoms with Crippen LogP contribution in [0.25, 0.3) is 0 Å². The Morgan fingerprint density at radius 3 is 2.52 bits per heavy atom. The van der Waals surface area contributed by atoms with E-state index in [2.05, 4.69) is 10.3 Å². The Balaban J connectivity index is 0.00000484. The lowest BCUT2D eigenvalue weighted by Crippen LogP contribution is -2.37. The molecular weight excluding hydrogens is 422 g/mol. The summed E-state index contributed by atoms with van der Waals surface area (Å²) >= 11 is 0. The van der Waals surface area contributed by atoms with Crippen LogP contribution < -0.4 is 15.8 Å². The number of nitrogens with zero attached hydrogens (tertiary/aromatic N) is 1. The van der Waals surface area contributed by atoms with E-state index in [1.165, 1.54) is 12.1 Å². The maximum Gasteiger partial charge on any atom is 0.416 e. The number of benzene rings is 1. The topological polar surface area (TPSA) is 59.6 Å². The second kappa shape index (κ2) is 9.84. The number of rotatable bonds is 6. The summed E-state index contributed by atoms with van der Waals surface area (Å²) in [5.41, 5.74) is 4.95. The monoisotopic (exact) mass is 445 g/mol. The summed E-state index contributed by atoms with van der Waals surface area (Å²) in [5.74, 6) is 0.466. The molecule has 0 amide bonds. The lowest BCUT2D eigenvalue weighted by atomic mass is 10.2. The van der Waals surface area contributed by atoms with Crippen molar-refractivity contribution in [3.63, 3.8) is 0 Å². The molecule has 0 bridgehead atoms. The number of guanidine groups is 1. The maximum absolute atomic E-state index is 12.7. The van der Waals surface area contributed by atoms with Gasteiger partial charge in [-0.1, -0.05) is 13.0 Å². The van der Waals surface area contributed by atoms with E-state index in [4.69, 9.17) is 10.5 Å². The van der Waals surface area contributed by atoms with Gasteiger partial charge in [-0.3, -0.25) is 0 Å². The predicted molar refractivity (Wildman–Crippen MR) is 96.3 cm³/mol. The van der Waals surface area contributed by atoms with Gasteiger partial charge in [-0.2, -0.15) is 13.2 Å². The molecule has 1 atom stereocenters. The van der Waals surface area contributed by atoms with Crippen molar-refractivity contribution in [2.75, 3.05) is 6.54 Å². The Morgan fingerprint density at radius 2 is 2.00 bits per heavy atom. The third-order valence-electron chi connectivity index (χ3n) is 2.82. The molecule has 0 aliphatic rings. The average Bonchev–Trinajstić information content (AvgIpc) is 2.42. The first kappa shape index (κ1) is 21.8. The zero-order valence-electron chi connectivity index (χ0n) is 13.4. The zero-order valence-corrected chi connectivity index (χ0v) is 15.7. The molecular formula is C15H23F3IN3O. The van der Waals surface area contributed by atoms with Crippen molar-refractivity contribution in [3.8, 4) is 5.75 Å².